The summed E-state index contributed by atoms with van der Waals surface area (Å²) in [5.74, 6) is -0.544. The summed E-state index contributed by atoms with van der Waals surface area (Å²) in [7, 11) is 0. The second-order valence-corrected chi connectivity index (χ2v) is 6.07. The van der Waals surface area contributed by atoms with Crippen LogP contribution in [0.15, 0.2) is 48.5 Å². The summed E-state index contributed by atoms with van der Waals surface area (Å²) in [6, 6.07) is 15.2. The quantitative estimate of drug-likeness (QED) is 0.868. The van der Waals surface area contributed by atoms with Crippen molar-refractivity contribution >= 4 is 17.5 Å². The Morgan fingerprint density at radius 1 is 1.12 bits per heavy atom. The first-order chi connectivity index (χ1) is 12.7. The van der Waals surface area contributed by atoms with Crippen LogP contribution in [0.4, 0.5) is 5.69 Å². The van der Waals surface area contributed by atoms with Gasteiger partial charge in [0.05, 0.1) is 17.7 Å². The standard InChI is InChI=1S/C20H19N3O3/c21-12-14-6-8-17(9-7-14)23-20(25)16-4-1-3-15(11-16)19(24)22-13-18-5-2-10-26-18/h1,3-4,6-9,11,18H,2,5,10,13H2,(H,22,24)(H,23,25). The second kappa shape index (κ2) is 8.28. The molecular formula is C20H19N3O3. The molecule has 2 amide bonds. The van der Waals surface area contributed by atoms with E-state index in [1.54, 1.807) is 48.5 Å². The van der Waals surface area contributed by atoms with E-state index in [0.29, 0.717) is 28.9 Å². The highest BCUT2D eigenvalue weighted by atomic mass is 16.5. The highest BCUT2D eigenvalue weighted by Crippen LogP contribution is 2.13. The van der Waals surface area contributed by atoms with E-state index in [2.05, 4.69) is 10.6 Å². The summed E-state index contributed by atoms with van der Waals surface area (Å²) in [4.78, 5) is 24.7. The first-order valence-corrected chi connectivity index (χ1v) is 8.47. The number of ether oxygens (including phenoxy) is 1. The van der Waals surface area contributed by atoms with E-state index >= 15 is 0 Å². The lowest BCUT2D eigenvalue weighted by Crippen LogP contribution is -2.31. The first kappa shape index (κ1) is 17.6. The lowest BCUT2D eigenvalue weighted by atomic mass is 10.1. The van der Waals surface area contributed by atoms with Gasteiger partial charge < -0.3 is 15.4 Å². The average molecular weight is 349 g/mol. The van der Waals surface area contributed by atoms with E-state index in [9.17, 15) is 9.59 Å². The molecule has 26 heavy (non-hydrogen) atoms. The minimum atomic E-state index is -0.316. The molecule has 0 aliphatic carbocycles. The molecule has 1 aliphatic rings. The second-order valence-electron chi connectivity index (χ2n) is 6.07. The maximum Gasteiger partial charge on any atom is 0.255 e. The summed E-state index contributed by atoms with van der Waals surface area (Å²) in [5, 5.41) is 14.4. The van der Waals surface area contributed by atoms with Crippen LogP contribution in [0.1, 0.15) is 39.1 Å². The van der Waals surface area contributed by atoms with Gasteiger partial charge in [-0.05, 0) is 55.3 Å². The van der Waals surface area contributed by atoms with Gasteiger partial charge in [-0.2, -0.15) is 5.26 Å². The first-order valence-electron chi connectivity index (χ1n) is 8.47. The number of nitrogens with one attached hydrogen (secondary N) is 2. The van der Waals surface area contributed by atoms with E-state index < -0.39 is 0 Å². The smallest absolute Gasteiger partial charge is 0.255 e. The molecule has 132 valence electrons. The predicted molar refractivity (Wildman–Crippen MR) is 96.9 cm³/mol. The Balaban J connectivity index is 1.62. The van der Waals surface area contributed by atoms with Gasteiger partial charge in [0.2, 0.25) is 0 Å². The monoisotopic (exact) mass is 349 g/mol. The molecule has 0 radical (unpaired) electrons. The van der Waals surface area contributed by atoms with E-state index in [4.69, 9.17) is 10.00 Å². The summed E-state index contributed by atoms with van der Waals surface area (Å²) >= 11 is 0. The van der Waals surface area contributed by atoms with Crippen molar-refractivity contribution < 1.29 is 14.3 Å². The molecular weight excluding hydrogens is 330 g/mol. The van der Waals surface area contributed by atoms with Crippen molar-refractivity contribution in [3.63, 3.8) is 0 Å². The van der Waals surface area contributed by atoms with Crippen molar-refractivity contribution in [1.29, 1.82) is 5.26 Å². The number of amides is 2. The average Bonchev–Trinajstić information content (AvgIpc) is 3.20. The van der Waals surface area contributed by atoms with Crippen LogP contribution in [0.3, 0.4) is 0 Å². The Bertz CT molecular complexity index is 834. The van der Waals surface area contributed by atoms with Gasteiger partial charge in [0, 0.05) is 30.0 Å². The van der Waals surface area contributed by atoms with Crippen LogP contribution in [0.2, 0.25) is 0 Å². The molecule has 1 aliphatic heterocycles. The lowest BCUT2D eigenvalue weighted by molar-refractivity contribution is 0.0858. The maximum absolute atomic E-state index is 12.4. The summed E-state index contributed by atoms with van der Waals surface area (Å²) in [6.45, 7) is 1.21. The van der Waals surface area contributed by atoms with Crippen LogP contribution in [0.25, 0.3) is 0 Å². The van der Waals surface area contributed by atoms with E-state index in [-0.39, 0.29) is 17.9 Å². The molecule has 0 spiro atoms. The molecule has 6 heteroatoms. The molecule has 1 atom stereocenters. The highest BCUT2D eigenvalue weighted by molar-refractivity contribution is 6.06. The van der Waals surface area contributed by atoms with Crippen molar-refractivity contribution in [3.05, 3.63) is 65.2 Å². The van der Waals surface area contributed by atoms with E-state index in [1.165, 1.54) is 0 Å². The number of carbonyl (C=O) groups is 2. The molecule has 0 bridgehead atoms. The SMILES string of the molecule is N#Cc1ccc(NC(=O)c2cccc(C(=O)NCC3CCCO3)c2)cc1. The zero-order valence-corrected chi connectivity index (χ0v) is 14.2. The van der Waals surface area contributed by atoms with Crippen molar-refractivity contribution in [2.75, 3.05) is 18.5 Å². The van der Waals surface area contributed by atoms with Crippen LogP contribution in [-0.4, -0.2) is 31.1 Å². The molecule has 1 unspecified atom stereocenters. The van der Waals surface area contributed by atoms with Gasteiger partial charge in [-0.15, -0.1) is 0 Å². The molecule has 2 N–H and O–H groups in total. The topological polar surface area (TPSA) is 91.2 Å². The number of anilines is 1. The number of nitrogens with zero attached hydrogens (tertiary/aromatic N) is 1. The van der Waals surface area contributed by atoms with Gasteiger partial charge in [0.1, 0.15) is 0 Å². The van der Waals surface area contributed by atoms with Crippen LogP contribution in [0.5, 0.6) is 0 Å². The van der Waals surface area contributed by atoms with Crippen LogP contribution >= 0.6 is 0 Å². The fourth-order valence-corrected chi connectivity index (χ4v) is 2.75. The molecule has 3 rings (SSSR count). The number of benzene rings is 2. The summed E-state index contributed by atoms with van der Waals surface area (Å²) < 4.78 is 5.49. The predicted octanol–water partition coefficient (Wildman–Crippen LogP) is 2.72. The zero-order chi connectivity index (χ0) is 18.4. The minimum absolute atomic E-state index is 0.0711. The molecule has 1 fully saturated rings. The molecule has 0 aromatic heterocycles. The van der Waals surface area contributed by atoms with E-state index in [0.717, 1.165) is 19.4 Å². The largest absolute Gasteiger partial charge is 0.376 e. The van der Waals surface area contributed by atoms with Gasteiger partial charge in [-0.1, -0.05) is 6.07 Å². The molecule has 2 aromatic rings. The Morgan fingerprint density at radius 2 is 1.85 bits per heavy atom. The minimum Gasteiger partial charge on any atom is -0.376 e. The molecule has 1 saturated heterocycles. The van der Waals surface area contributed by atoms with Gasteiger partial charge in [-0.3, -0.25) is 9.59 Å². The van der Waals surface area contributed by atoms with Crippen LogP contribution in [-0.2, 0) is 4.74 Å². The van der Waals surface area contributed by atoms with Crippen molar-refractivity contribution in [3.8, 4) is 6.07 Å². The Hall–Kier alpha value is -3.17. The molecule has 0 saturated carbocycles. The van der Waals surface area contributed by atoms with Crippen molar-refractivity contribution in [1.82, 2.24) is 5.32 Å². The molecule has 6 nitrogen and oxygen atoms in total. The molecule has 2 aromatic carbocycles. The summed E-state index contributed by atoms with van der Waals surface area (Å²) in [6.07, 6.45) is 2.04. The van der Waals surface area contributed by atoms with Crippen LogP contribution in [0, 0.1) is 11.3 Å². The van der Waals surface area contributed by atoms with E-state index in [1.807, 2.05) is 6.07 Å². The number of hydrogen-bond acceptors (Lipinski definition) is 4. The normalized spacial score (nSPS) is 15.9. The van der Waals surface area contributed by atoms with Gasteiger partial charge in [0.25, 0.3) is 11.8 Å². The Labute approximate surface area is 151 Å². The number of hydrogen-bond donors (Lipinski definition) is 2. The zero-order valence-electron chi connectivity index (χ0n) is 14.2. The number of nitriles is 1. The third kappa shape index (κ3) is 4.47. The van der Waals surface area contributed by atoms with Crippen molar-refractivity contribution in [2.45, 2.75) is 18.9 Å². The third-order valence-corrected chi connectivity index (χ3v) is 4.17. The molecule has 1 heterocycles. The van der Waals surface area contributed by atoms with Gasteiger partial charge in [0.15, 0.2) is 0 Å². The van der Waals surface area contributed by atoms with Gasteiger partial charge >= 0.3 is 0 Å². The fourth-order valence-electron chi connectivity index (χ4n) is 2.75. The Kier molecular flexibility index (Phi) is 5.62. The lowest BCUT2D eigenvalue weighted by Gasteiger charge is -2.11. The van der Waals surface area contributed by atoms with Crippen LogP contribution < -0.4 is 10.6 Å². The van der Waals surface area contributed by atoms with Crippen molar-refractivity contribution in [2.24, 2.45) is 0 Å². The number of carbonyl (C=O) groups excluding carboxylic acids is 2. The number of rotatable bonds is 5. The third-order valence-electron chi connectivity index (χ3n) is 4.17. The summed E-state index contributed by atoms with van der Waals surface area (Å²) in [5.41, 5.74) is 1.92. The highest BCUT2D eigenvalue weighted by Gasteiger charge is 2.17. The van der Waals surface area contributed by atoms with Gasteiger partial charge in [-0.25, -0.2) is 0 Å². The maximum atomic E-state index is 12.4. The fraction of sp³-hybridized carbons (Fsp3) is 0.250. The Morgan fingerprint density at radius 3 is 2.50 bits per heavy atom.